The molecule has 5 heteroatoms. The van der Waals surface area contributed by atoms with Gasteiger partial charge in [0.15, 0.2) is 0 Å². The van der Waals surface area contributed by atoms with Crippen LogP contribution < -0.4 is 5.69 Å². The molecule has 2 aromatic carbocycles. The van der Waals surface area contributed by atoms with E-state index >= 15 is 0 Å². The van der Waals surface area contributed by atoms with Crippen molar-refractivity contribution < 1.29 is 0 Å². The van der Waals surface area contributed by atoms with Gasteiger partial charge in [0, 0.05) is 16.6 Å². The number of imidazole rings is 1. The van der Waals surface area contributed by atoms with E-state index in [1.54, 1.807) is 15.9 Å². The summed E-state index contributed by atoms with van der Waals surface area (Å²) in [4.78, 5) is 13.0. The number of benzene rings is 2. The second-order valence-corrected chi connectivity index (χ2v) is 7.04. The summed E-state index contributed by atoms with van der Waals surface area (Å²) in [6.45, 7) is 3.08. The molecule has 0 amide bonds. The van der Waals surface area contributed by atoms with E-state index in [0.29, 0.717) is 19.5 Å². The van der Waals surface area contributed by atoms with Crippen LogP contribution in [0.2, 0.25) is 0 Å². The number of nitriles is 1. The number of rotatable bonds is 4. The van der Waals surface area contributed by atoms with Crippen molar-refractivity contribution in [2.45, 2.75) is 26.4 Å². The van der Waals surface area contributed by atoms with Gasteiger partial charge in [0.2, 0.25) is 0 Å². The number of aromatic nitrogens is 2. The lowest BCUT2D eigenvalue weighted by Crippen LogP contribution is -2.24. The molecule has 2 aromatic heterocycles. The molecule has 4 rings (SSSR count). The zero-order valence-electron chi connectivity index (χ0n) is 13.9. The number of fused-ring (bicyclic) bond motifs is 2. The van der Waals surface area contributed by atoms with Crippen molar-refractivity contribution >= 4 is 32.5 Å². The van der Waals surface area contributed by atoms with E-state index in [-0.39, 0.29) is 5.69 Å². The highest BCUT2D eigenvalue weighted by Crippen LogP contribution is 2.29. The molecule has 0 spiro atoms. The minimum atomic E-state index is -0.0515. The van der Waals surface area contributed by atoms with E-state index in [0.717, 1.165) is 11.0 Å². The second-order valence-electron chi connectivity index (χ2n) is 6.13. The molecule has 4 nitrogen and oxygen atoms in total. The Morgan fingerprint density at radius 1 is 1.08 bits per heavy atom. The summed E-state index contributed by atoms with van der Waals surface area (Å²) in [5, 5.41) is 12.3. The summed E-state index contributed by atoms with van der Waals surface area (Å²) in [6, 6.07) is 16.2. The van der Waals surface area contributed by atoms with E-state index in [1.807, 2.05) is 28.8 Å². The summed E-state index contributed by atoms with van der Waals surface area (Å²) in [7, 11) is 0. The van der Waals surface area contributed by atoms with Gasteiger partial charge in [0.05, 0.1) is 30.1 Å². The molecule has 0 radical (unpaired) electrons. The molecule has 0 aliphatic rings. The third kappa shape index (κ3) is 2.55. The van der Waals surface area contributed by atoms with Gasteiger partial charge in [-0.3, -0.25) is 9.13 Å². The lowest BCUT2D eigenvalue weighted by molar-refractivity contribution is 0.661. The summed E-state index contributed by atoms with van der Waals surface area (Å²) in [5.41, 5.74) is 4.15. The minimum absolute atomic E-state index is 0.0515. The van der Waals surface area contributed by atoms with Crippen LogP contribution in [0, 0.1) is 18.3 Å². The zero-order valence-corrected chi connectivity index (χ0v) is 14.7. The standard InChI is InChI=1S/C20H17N3OS/c1-14-6-4-9-18-19(14)15(13-25-18)12-23-17-8-3-2-7-16(17)22(20(23)24)11-5-10-21/h2-4,6-9,13H,5,11-12H2,1H3. The molecule has 0 saturated heterocycles. The zero-order chi connectivity index (χ0) is 17.4. The fourth-order valence-corrected chi connectivity index (χ4v) is 4.46. The Morgan fingerprint density at radius 2 is 1.84 bits per heavy atom. The van der Waals surface area contributed by atoms with Crippen molar-refractivity contribution in [3.8, 4) is 6.07 Å². The molecule has 0 unspecified atom stereocenters. The summed E-state index contributed by atoms with van der Waals surface area (Å²) >= 11 is 1.71. The Bertz CT molecular complexity index is 1170. The SMILES string of the molecule is Cc1cccc2scc(Cn3c(=O)n(CCC#N)c4ccccc43)c12. The van der Waals surface area contributed by atoms with Crippen molar-refractivity contribution in [3.63, 3.8) is 0 Å². The molecule has 0 atom stereocenters. The predicted molar refractivity (Wildman–Crippen MR) is 102 cm³/mol. The summed E-state index contributed by atoms with van der Waals surface area (Å²) in [6.07, 6.45) is 0.328. The van der Waals surface area contributed by atoms with Crippen molar-refractivity contribution in [3.05, 3.63) is 69.5 Å². The van der Waals surface area contributed by atoms with Gasteiger partial charge in [-0.2, -0.15) is 5.26 Å². The largest absolute Gasteiger partial charge is 0.329 e. The predicted octanol–water partition coefficient (Wildman–Crippen LogP) is 4.29. The van der Waals surface area contributed by atoms with Gasteiger partial charge >= 0.3 is 5.69 Å². The highest BCUT2D eigenvalue weighted by molar-refractivity contribution is 7.17. The van der Waals surface area contributed by atoms with Crippen LogP contribution in [-0.2, 0) is 13.1 Å². The average molecular weight is 347 g/mol. The summed E-state index contributed by atoms with van der Waals surface area (Å²) < 4.78 is 4.77. The Labute approximate surface area is 149 Å². The third-order valence-electron chi connectivity index (χ3n) is 4.58. The van der Waals surface area contributed by atoms with E-state index in [1.165, 1.54) is 21.2 Å². The van der Waals surface area contributed by atoms with E-state index in [4.69, 9.17) is 5.26 Å². The molecule has 124 valence electrons. The van der Waals surface area contributed by atoms with E-state index < -0.39 is 0 Å². The Kier molecular flexibility index (Phi) is 3.90. The lowest BCUT2D eigenvalue weighted by Gasteiger charge is -2.04. The van der Waals surface area contributed by atoms with Crippen LogP contribution in [-0.4, -0.2) is 9.13 Å². The first-order valence-corrected chi connectivity index (χ1v) is 9.09. The Morgan fingerprint density at radius 3 is 2.60 bits per heavy atom. The topological polar surface area (TPSA) is 50.7 Å². The monoisotopic (exact) mass is 347 g/mol. The maximum Gasteiger partial charge on any atom is 0.329 e. The van der Waals surface area contributed by atoms with Crippen LogP contribution in [0.5, 0.6) is 0 Å². The molecule has 0 fully saturated rings. The minimum Gasteiger partial charge on any atom is -0.291 e. The van der Waals surface area contributed by atoms with Gasteiger partial charge < -0.3 is 0 Å². The van der Waals surface area contributed by atoms with Crippen molar-refractivity contribution in [2.75, 3.05) is 0 Å². The molecule has 0 saturated carbocycles. The first-order valence-electron chi connectivity index (χ1n) is 8.21. The van der Waals surface area contributed by atoms with Gasteiger partial charge in [-0.05, 0) is 41.6 Å². The molecular weight excluding hydrogens is 330 g/mol. The van der Waals surface area contributed by atoms with Gasteiger partial charge in [0.25, 0.3) is 0 Å². The molecule has 0 N–H and O–H groups in total. The maximum absolute atomic E-state index is 13.0. The molecule has 0 aliphatic heterocycles. The number of hydrogen-bond donors (Lipinski definition) is 0. The Hall–Kier alpha value is -2.84. The van der Waals surface area contributed by atoms with Crippen LogP contribution >= 0.6 is 11.3 Å². The number of aryl methyl sites for hydroxylation is 2. The highest BCUT2D eigenvalue weighted by atomic mass is 32.1. The average Bonchev–Trinajstić information content (AvgIpc) is 3.15. The van der Waals surface area contributed by atoms with Gasteiger partial charge in [0.1, 0.15) is 0 Å². The quantitative estimate of drug-likeness (QED) is 0.553. The van der Waals surface area contributed by atoms with E-state index in [9.17, 15) is 4.79 Å². The van der Waals surface area contributed by atoms with Crippen LogP contribution in [0.25, 0.3) is 21.1 Å². The van der Waals surface area contributed by atoms with Gasteiger partial charge in [-0.15, -0.1) is 11.3 Å². The first kappa shape index (κ1) is 15.7. The molecule has 4 aromatic rings. The number of thiophene rings is 1. The molecule has 25 heavy (non-hydrogen) atoms. The number of para-hydroxylation sites is 2. The van der Waals surface area contributed by atoms with Crippen molar-refractivity contribution in [1.29, 1.82) is 5.26 Å². The van der Waals surface area contributed by atoms with Crippen LogP contribution in [0.4, 0.5) is 0 Å². The molecule has 2 heterocycles. The van der Waals surface area contributed by atoms with Crippen molar-refractivity contribution in [2.24, 2.45) is 0 Å². The van der Waals surface area contributed by atoms with Crippen LogP contribution in [0.1, 0.15) is 17.5 Å². The second kappa shape index (κ2) is 6.23. The Balaban J connectivity index is 1.88. The molecular formula is C20H17N3OS. The number of hydrogen-bond acceptors (Lipinski definition) is 3. The molecule has 0 bridgehead atoms. The smallest absolute Gasteiger partial charge is 0.291 e. The number of nitrogens with zero attached hydrogens (tertiary/aromatic N) is 3. The third-order valence-corrected chi connectivity index (χ3v) is 5.58. The van der Waals surface area contributed by atoms with Crippen molar-refractivity contribution in [1.82, 2.24) is 9.13 Å². The first-order chi connectivity index (χ1) is 12.2. The highest BCUT2D eigenvalue weighted by Gasteiger charge is 2.15. The van der Waals surface area contributed by atoms with E-state index in [2.05, 4.69) is 36.6 Å². The van der Waals surface area contributed by atoms with Crippen LogP contribution in [0.3, 0.4) is 0 Å². The van der Waals surface area contributed by atoms with Gasteiger partial charge in [-0.1, -0.05) is 24.3 Å². The fraction of sp³-hybridized carbons (Fsp3) is 0.200. The normalized spacial score (nSPS) is 11.2. The van der Waals surface area contributed by atoms with Gasteiger partial charge in [-0.25, -0.2) is 4.79 Å². The maximum atomic E-state index is 13.0. The lowest BCUT2D eigenvalue weighted by atomic mass is 10.1. The van der Waals surface area contributed by atoms with Crippen LogP contribution in [0.15, 0.2) is 52.6 Å². The molecule has 0 aliphatic carbocycles. The summed E-state index contributed by atoms with van der Waals surface area (Å²) in [5.74, 6) is 0. The fourth-order valence-electron chi connectivity index (χ4n) is 3.43.